The second-order valence-electron chi connectivity index (χ2n) is 4.86. The average Bonchev–Trinajstić information content (AvgIpc) is 2.40. The lowest BCUT2D eigenvalue weighted by molar-refractivity contribution is 0.210. The molecule has 0 saturated carbocycles. The van der Waals surface area contributed by atoms with Crippen LogP contribution in [0.1, 0.15) is 24.1 Å². The summed E-state index contributed by atoms with van der Waals surface area (Å²) < 4.78 is 0. The van der Waals surface area contributed by atoms with Crippen LogP contribution in [0.2, 0.25) is 0 Å². The molecule has 0 radical (unpaired) electrons. The van der Waals surface area contributed by atoms with Crippen LogP contribution in [0, 0.1) is 0 Å². The molecule has 2 aromatic rings. The van der Waals surface area contributed by atoms with Crippen LogP contribution in [-0.4, -0.2) is 28.0 Å². The first kappa shape index (κ1) is 13.6. The van der Waals surface area contributed by atoms with Gasteiger partial charge in [0.05, 0.1) is 6.04 Å². The highest BCUT2D eigenvalue weighted by molar-refractivity contribution is 5.17. The maximum atomic E-state index is 6.14. The summed E-state index contributed by atoms with van der Waals surface area (Å²) in [6.45, 7) is 2.87. The van der Waals surface area contributed by atoms with Crippen LogP contribution in [0.3, 0.4) is 0 Å². The van der Waals surface area contributed by atoms with Crippen LogP contribution < -0.4 is 5.73 Å². The zero-order valence-corrected chi connectivity index (χ0v) is 11.4. The van der Waals surface area contributed by atoms with E-state index in [0.717, 1.165) is 12.1 Å². The van der Waals surface area contributed by atoms with Gasteiger partial charge >= 0.3 is 0 Å². The summed E-state index contributed by atoms with van der Waals surface area (Å²) in [6.07, 6.45) is 7.30. The Bertz CT molecular complexity index is 484. The van der Waals surface area contributed by atoms with Gasteiger partial charge in [-0.1, -0.05) is 6.07 Å². The second kappa shape index (κ2) is 6.41. The van der Waals surface area contributed by atoms with Crippen molar-refractivity contribution < 1.29 is 0 Å². The molecule has 0 aliphatic heterocycles. The maximum Gasteiger partial charge on any atom is 0.0512 e. The molecule has 2 aromatic heterocycles. The number of nitrogens with zero attached hydrogens (tertiary/aromatic N) is 3. The molecule has 0 aromatic carbocycles. The largest absolute Gasteiger partial charge is 0.326 e. The number of nitrogens with two attached hydrogens (primary N) is 1. The van der Waals surface area contributed by atoms with Gasteiger partial charge < -0.3 is 5.73 Å². The van der Waals surface area contributed by atoms with Crippen LogP contribution in [0.25, 0.3) is 0 Å². The monoisotopic (exact) mass is 256 g/mol. The molecule has 0 bridgehead atoms. The van der Waals surface area contributed by atoms with Crippen molar-refractivity contribution >= 4 is 0 Å². The third kappa shape index (κ3) is 3.59. The fourth-order valence-corrected chi connectivity index (χ4v) is 2.38. The lowest BCUT2D eigenvalue weighted by Gasteiger charge is -2.31. The summed E-state index contributed by atoms with van der Waals surface area (Å²) in [5.41, 5.74) is 8.52. The molecular formula is C15H20N4. The van der Waals surface area contributed by atoms with Gasteiger partial charge in [-0.05, 0) is 43.3 Å². The Hall–Kier alpha value is -1.78. The molecule has 0 amide bonds. The van der Waals surface area contributed by atoms with Crippen molar-refractivity contribution in [2.45, 2.75) is 25.6 Å². The molecule has 0 aliphatic rings. The topological polar surface area (TPSA) is 55.0 Å². The van der Waals surface area contributed by atoms with Crippen LogP contribution in [0.15, 0.2) is 49.1 Å². The van der Waals surface area contributed by atoms with E-state index in [9.17, 15) is 0 Å². The molecule has 100 valence electrons. The summed E-state index contributed by atoms with van der Waals surface area (Å²) in [6, 6.07) is 8.27. The molecule has 19 heavy (non-hydrogen) atoms. The highest BCUT2D eigenvalue weighted by Crippen LogP contribution is 2.22. The highest BCUT2D eigenvalue weighted by Gasteiger charge is 2.21. The lowest BCUT2D eigenvalue weighted by Crippen LogP contribution is -2.37. The summed E-state index contributed by atoms with van der Waals surface area (Å²) in [7, 11) is 2.08. The predicted molar refractivity (Wildman–Crippen MR) is 76.3 cm³/mol. The van der Waals surface area contributed by atoms with Crippen molar-refractivity contribution in [3.63, 3.8) is 0 Å². The smallest absolute Gasteiger partial charge is 0.0512 e. The van der Waals surface area contributed by atoms with Crippen molar-refractivity contribution in [2.75, 3.05) is 7.05 Å². The molecule has 4 nitrogen and oxygen atoms in total. The molecule has 0 saturated heterocycles. The average molecular weight is 256 g/mol. The second-order valence-corrected chi connectivity index (χ2v) is 4.86. The van der Waals surface area contributed by atoms with Crippen LogP contribution in [-0.2, 0) is 6.54 Å². The van der Waals surface area contributed by atoms with E-state index in [0.29, 0.717) is 0 Å². The minimum atomic E-state index is 0.0380. The normalized spacial score (nSPS) is 14.3. The zero-order chi connectivity index (χ0) is 13.7. The van der Waals surface area contributed by atoms with Gasteiger partial charge in [0, 0.05) is 37.4 Å². The van der Waals surface area contributed by atoms with Gasteiger partial charge in [0.2, 0.25) is 0 Å². The van der Waals surface area contributed by atoms with Crippen LogP contribution >= 0.6 is 0 Å². The van der Waals surface area contributed by atoms with E-state index < -0.39 is 0 Å². The van der Waals surface area contributed by atoms with E-state index in [1.54, 1.807) is 6.20 Å². The van der Waals surface area contributed by atoms with Gasteiger partial charge in [0.25, 0.3) is 0 Å². The molecular weight excluding hydrogens is 236 g/mol. The fraction of sp³-hybridized carbons (Fsp3) is 0.333. The van der Waals surface area contributed by atoms with E-state index in [4.69, 9.17) is 5.73 Å². The Morgan fingerprint density at radius 1 is 1.16 bits per heavy atom. The lowest BCUT2D eigenvalue weighted by atomic mass is 10.0. The van der Waals surface area contributed by atoms with E-state index in [1.165, 1.54) is 5.56 Å². The van der Waals surface area contributed by atoms with E-state index >= 15 is 0 Å². The summed E-state index contributed by atoms with van der Waals surface area (Å²) >= 11 is 0. The Kier molecular flexibility index (Phi) is 4.60. The summed E-state index contributed by atoms with van der Waals surface area (Å²) in [5.74, 6) is 0. The Balaban J connectivity index is 2.16. The van der Waals surface area contributed by atoms with Gasteiger partial charge in [0.15, 0.2) is 0 Å². The highest BCUT2D eigenvalue weighted by atomic mass is 15.1. The van der Waals surface area contributed by atoms with E-state index in [-0.39, 0.29) is 12.1 Å². The van der Waals surface area contributed by atoms with Gasteiger partial charge in [-0.3, -0.25) is 14.9 Å². The van der Waals surface area contributed by atoms with E-state index in [1.807, 2.05) is 43.7 Å². The number of aromatic nitrogens is 2. The Morgan fingerprint density at radius 3 is 2.47 bits per heavy atom. The molecule has 0 fully saturated rings. The third-order valence-electron chi connectivity index (χ3n) is 3.18. The first-order valence-electron chi connectivity index (χ1n) is 6.43. The molecule has 2 rings (SSSR count). The Labute approximate surface area is 114 Å². The van der Waals surface area contributed by atoms with Crippen molar-refractivity contribution in [3.8, 4) is 0 Å². The first-order chi connectivity index (χ1) is 9.18. The van der Waals surface area contributed by atoms with Crippen LogP contribution in [0.5, 0.6) is 0 Å². The SMILES string of the molecule is CC(N)C(c1cccnc1)N(C)Cc1ccncc1. The first-order valence-corrected chi connectivity index (χ1v) is 6.43. The standard InChI is InChI=1S/C15H20N4/c1-12(16)15(14-4-3-7-18-10-14)19(2)11-13-5-8-17-9-6-13/h3-10,12,15H,11,16H2,1-2H3. The minimum Gasteiger partial charge on any atom is -0.326 e. The number of hydrogen-bond acceptors (Lipinski definition) is 4. The molecule has 0 spiro atoms. The fourth-order valence-electron chi connectivity index (χ4n) is 2.38. The molecule has 2 heterocycles. The maximum absolute atomic E-state index is 6.14. The number of rotatable bonds is 5. The number of hydrogen-bond donors (Lipinski definition) is 1. The van der Waals surface area contributed by atoms with Crippen molar-refractivity contribution in [1.82, 2.24) is 14.9 Å². The van der Waals surface area contributed by atoms with Gasteiger partial charge in [0.1, 0.15) is 0 Å². The van der Waals surface area contributed by atoms with Crippen molar-refractivity contribution in [2.24, 2.45) is 5.73 Å². The Morgan fingerprint density at radius 2 is 1.89 bits per heavy atom. The molecule has 4 heteroatoms. The van der Waals surface area contributed by atoms with Gasteiger partial charge in [-0.15, -0.1) is 0 Å². The molecule has 2 unspecified atom stereocenters. The summed E-state index contributed by atoms with van der Waals surface area (Å²) in [4.78, 5) is 10.5. The van der Waals surface area contributed by atoms with Gasteiger partial charge in [-0.25, -0.2) is 0 Å². The molecule has 0 aliphatic carbocycles. The van der Waals surface area contributed by atoms with Gasteiger partial charge in [-0.2, -0.15) is 0 Å². The molecule has 2 atom stereocenters. The predicted octanol–water partition coefficient (Wildman–Crippen LogP) is 2.00. The summed E-state index contributed by atoms with van der Waals surface area (Å²) in [5, 5.41) is 0. The molecule has 2 N–H and O–H groups in total. The van der Waals surface area contributed by atoms with Crippen molar-refractivity contribution in [3.05, 3.63) is 60.2 Å². The van der Waals surface area contributed by atoms with E-state index in [2.05, 4.69) is 28.0 Å². The number of pyridine rings is 2. The third-order valence-corrected chi connectivity index (χ3v) is 3.18. The zero-order valence-electron chi connectivity index (χ0n) is 11.4. The van der Waals surface area contributed by atoms with Crippen LogP contribution in [0.4, 0.5) is 0 Å². The number of likely N-dealkylation sites (N-methyl/N-ethyl adjacent to an activating group) is 1. The quantitative estimate of drug-likeness (QED) is 0.889. The minimum absolute atomic E-state index is 0.0380. The van der Waals surface area contributed by atoms with Crippen molar-refractivity contribution in [1.29, 1.82) is 0 Å².